The highest BCUT2D eigenvalue weighted by molar-refractivity contribution is 5.71. The first-order chi connectivity index (χ1) is 32.0. The molecule has 0 spiro atoms. The molecule has 0 saturated heterocycles. The van der Waals surface area contributed by atoms with Crippen LogP contribution in [0.4, 0.5) is 0 Å². The van der Waals surface area contributed by atoms with Gasteiger partial charge in [0.2, 0.25) is 0 Å². The Morgan fingerprint density at radius 3 is 1.03 bits per heavy atom. The van der Waals surface area contributed by atoms with Crippen LogP contribution < -0.4 is 0 Å². The van der Waals surface area contributed by atoms with Gasteiger partial charge in [-0.1, -0.05) is 187 Å². The Morgan fingerprint density at radius 1 is 0.323 bits per heavy atom. The molecule has 366 valence electrons. The van der Waals surface area contributed by atoms with E-state index in [0.29, 0.717) is 19.3 Å². The van der Waals surface area contributed by atoms with Crippen molar-refractivity contribution in [1.29, 1.82) is 0 Å². The lowest BCUT2D eigenvalue weighted by molar-refractivity contribution is -0.167. The molecule has 6 nitrogen and oxygen atoms in total. The third-order valence-electron chi connectivity index (χ3n) is 10.4. The molecule has 65 heavy (non-hydrogen) atoms. The number of allylic oxidation sites excluding steroid dienone is 20. The third kappa shape index (κ3) is 50.7. The highest BCUT2D eigenvalue weighted by Crippen LogP contribution is 2.12. The first-order valence-corrected chi connectivity index (χ1v) is 26.0. The molecule has 0 saturated carbocycles. The molecule has 0 rings (SSSR count). The van der Waals surface area contributed by atoms with Gasteiger partial charge in [0.1, 0.15) is 13.2 Å². The first kappa shape index (κ1) is 60.8. The normalized spacial score (nSPS) is 13.1. The fourth-order valence-corrected chi connectivity index (χ4v) is 6.51. The van der Waals surface area contributed by atoms with E-state index in [-0.39, 0.29) is 44.0 Å². The van der Waals surface area contributed by atoms with E-state index in [4.69, 9.17) is 14.2 Å². The van der Waals surface area contributed by atoms with Crippen molar-refractivity contribution >= 4 is 17.9 Å². The van der Waals surface area contributed by atoms with Crippen molar-refractivity contribution in [3.05, 3.63) is 122 Å². The number of hydrogen-bond donors (Lipinski definition) is 0. The lowest BCUT2D eigenvalue weighted by Gasteiger charge is -2.18. The minimum absolute atomic E-state index is 0.125. The highest BCUT2D eigenvalue weighted by atomic mass is 16.6. The smallest absolute Gasteiger partial charge is 0.306 e. The largest absolute Gasteiger partial charge is 0.462 e. The van der Waals surface area contributed by atoms with Crippen molar-refractivity contribution in [2.45, 2.75) is 219 Å². The van der Waals surface area contributed by atoms with Gasteiger partial charge in [-0.2, -0.15) is 0 Å². The summed E-state index contributed by atoms with van der Waals surface area (Å²) in [6, 6.07) is 0. The molecule has 0 aromatic carbocycles. The molecule has 1 atom stereocenters. The standard InChI is InChI=1S/C59H94O6/c1-4-7-10-13-16-19-22-25-28-29-32-34-37-40-43-46-49-52-58(61)64-55-56(65-59(62)53-50-47-44-41-38-35-31-27-24-21-18-15-12-9-6-3)54-63-57(60)51-48-45-42-39-36-33-30-26-23-20-17-14-11-8-5-2/h7,10,16-21,25-28,30-32,34,36,39-40,43,56H,4-6,8-9,11-15,22-24,29,33,35,37-38,41-42,44-55H2,1-3H3/b10-7-,19-16-,20-17-,21-18-,28-25-,30-26-,31-27-,34-32-,39-36-,43-40-/t56-/m0/s1. The molecule has 0 aliphatic carbocycles. The summed E-state index contributed by atoms with van der Waals surface area (Å²) in [5.74, 6) is -1.04. The summed E-state index contributed by atoms with van der Waals surface area (Å²) < 4.78 is 16.7. The van der Waals surface area contributed by atoms with E-state index in [1.165, 1.54) is 51.4 Å². The average Bonchev–Trinajstić information content (AvgIpc) is 3.30. The molecule has 0 fully saturated rings. The van der Waals surface area contributed by atoms with Gasteiger partial charge in [0.05, 0.1) is 0 Å². The molecule has 0 aliphatic heterocycles. The van der Waals surface area contributed by atoms with Gasteiger partial charge in [-0.3, -0.25) is 14.4 Å². The Bertz CT molecular complexity index is 1400. The van der Waals surface area contributed by atoms with Gasteiger partial charge in [0.15, 0.2) is 6.10 Å². The number of ether oxygens (including phenoxy) is 3. The summed E-state index contributed by atoms with van der Waals surface area (Å²) in [7, 11) is 0. The molecule has 0 aliphatic rings. The molecule has 0 heterocycles. The maximum atomic E-state index is 12.8. The fourth-order valence-electron chi connectivity index (χ4n) is 6.51. The van der Waals surface area contributed by atoms with Crippen LogP contribution in [-0.2, 0) is 28.6 Å². The van der Waals surface area contributed by atoms with Gasteiger partial charge >= 0.3 is 17.9 Å². The molecule has 0 amide bonds. The van der Waals surface area contributed by atoms with E-state index < -0.39 is 6.10 Å². The van der Waals surface area contributed by atoms with E-state index in [0.717, 1.165) is 109 Å². The quantitative estimate of drug-likeness (QED) is 0.0262. The van der Waals surface area contributed by atoms with Crippen LogP contribution in [0.1, 0.15) is 213 Å². The van der Waals surface area contributed by atoms with E-state index in [1.54, 1.807) is 0 Å². The van der Waals surface area contributed by atoms with Crippen molar-refractivity contribution in [3.8, 4) is 0 Å². The number of carbonyl (C=O) groups is 3. The zero-order chi connectivity index (χ0) is 47.2. The van der Waals surface area contributed by atoms with Gasteiger partial charge in [-0.15, -0.1) is 0 Å². The Labute approximate surface area is 399 Å². The summed E-state index contributed by atoms with van der Waals surface area (Å²) in [5.41, 5.74) is 0. The van der Waals surface area contributed by atoms with Crippen LogP contribution in [0.5, 0.6) is 0 Å². The predicted molar refractivity (Wildman–Crippen MR) is 279 cm³/mol. The molecule has 0 bridgehead atoms. The maximum Gasteiger partial charge on any atom is 0.306 e. The van der Waals surface area contributed by atoms with Crippen molar-refractivity contribution in [2.75, 3.05) is 13.2 Å². The summed E-state index contributed by atoms with van der Waals surface area (Å²) in [6.45, 7) is 6.35. The minimum Gasteiger partial charge on any atom is -0.462 e. The predicted octanol–water partition coefficient (Wildman–Crippen LogP) is 17.3. The second-order valence-electron chi connectivity index (χ2n) is 16.7. The van der Waals surface area contributed by atoms with Crippen LogP contribution in [0.2, 0.25) is 0 Å². The summed E-state index contributed by atoms with van der Waals surface area (Å²) in [5, 5.41) is 0. The topological polar surface area (TPSA) is 78.9 Å². The zero-order valence-electron chi connectivity index (χ0n) is 41.7. The van der Waals surface area contributed by atoms with Crippen molar-refractivity contribution < 1.29 is 28.6 Å². The zero-order valence-corrected chi connectivity index (χ0v) is 41.7. The molecule has 0 aromatic rings. The Morgan fingerprint density at radius 2 is 0.615 bits per heavy atom. The second kappa shape index (κ2) is 52.4. The average molecular weight is 899 g/mol. The van der Waals surface area contributed by atoms with E-state index in [2.05, 4.69) is 142 Å². The molecule has 0 radical (unpaired) electrons. The van der Waals surface area contributed by atoms with E-state index in [9.17, 15) is 14.4 Å². The number of hydrogen-bond acceptors (Lipinski definition) is 6. The number of carbonyl (C=O) groups excluding carboxylic acids is 3. The minimum atomic E-state index is -0.827. The summed E-state index contributed by atoms with van der Waals surface area (Å²) in [6.07, 6.45) is 71.8. The molecular formula is C59H94O6. The van der Waals surface area contributed by atoms with Crippen LogP contribution >= 0.6 is 0 Å². The van der Waals surface area contributed by atoms with Gasteiger partial charge in [-0.05, 0) is 128 Å². The fraction of sp³-hybridized carbons (Fsp3) is 0.610. The number of rotatable bonds is 45. The molecule has 0 N–H and O–H groups in total. The van der Waals surface area contributed by atoms with Crippen molar-refractivity contribution in [3.63, 3.8) is 0 Å². The van der Waals surface area contributed by atoms with Crippen LogP contribution in [0.25, 0.3) is 0 Å². The molecule has 0 aromatic heterocycles. The SMILES string of the molecule is CC/C=C\C/C=C\C/C=C\C/C=C\C/C=C\CCCC(=O)OC[C@H](COC(=O)CCCC/C=C\C/C=C\C/C=C\CCCCC)OC(=O)CCCCCCC/C=C\C/C=C\CCCCC. The van der Waals surface area contributed by atoms with E-state index in [1.807, 2.05) is 0 Å². The van der Waals surface area contributed by atoms with E-state index >= 15 is 0 Å². The lowest BCUT2D eigenvalue weighted by Crippen LogP contribution is -2.30. The number of esters is 3. The monoisotopic (exact) mass is 899 g/mol. The lowest BCUT2D eigenvalue weighted by atomic mass is 10.1. The maximum absolute atomic E-state index is 12.8. The van der Waals surface area contributed by atoms with Crippen LogP contribution in [0, 0.1) is 0 Å². The van der Waals surface area contributed by atoms with Crippen molar-refractivity contribution in [2.24, 2.45) is 0 Å². The molecule has 6 heteroatoms. The summed E-state index contributed by atoms with van der Waals surface area (Å²) in [4.78, 5) is 38.0. The van der Waals surface area contributed by atoms with Crippen LogP contribution in [-0.4, -0.2) is 37.2 Å². The third-order valence-corrected chi connectivity index (χ3v) is 10.4. The Hall–Kier alpha value is -4.19. The van der Waals surface area contributed by atoms with Gasteiger partial charge < -0.3 is 14.2 Å². The number of unbranched alkanes of at least 4 members (excludes halogenated alkanes) is 14. The van der Waals surface area contributed by atoms with Crippen LogP contribution in [0.3, 0.4) is 0 Å². The molecule has 0 unspecified atom stereocenters. The van der Waals surface area contributed by atoms with Crippen LogP contribution in [0.15, 0.2) is 122 Å². The van der Waals surface area contributed by atoms with Crippen molar-refractivity contribution in [1.82, 2.24) is 0 Å². The Kier molecular flexibility index (Phi) is 49.1. The molecular weight excluding hydrogens is 805 g/mol. The Balaban J connectivity index is 4.59. The highest BCUT2D eigenvalue weighted by Gasteiger charge is 2.19. The van der Waals surface area contributed by atoms with Gasteiger partial charge in [0.25, 0.3) is 0 Å². The summed E-state index contributed by atoms with van der Waals surface area (Å²) >= 11 is 0. The van der Waals surface area contributed by atoms with Gasteiger partial charge in [0, 0.05) is 19.3 Å². The first-order valence-electron chi connectivity index (χ1n) is 26.0. The second-order valence-corrected chi connectivity index (χ2v) is 16.7. The van der Waals surface area contributed by atoms with Gasteiger partial charge in [-0.25, -0.2) is 0 Å².